The second-order valence-corrected chi connectivity index (χ2v) is 3.45. The summed E-state index contributed by atoms with van der Waals surface area (Å²) in [5.74, 6) is 0.789. The van der Waals surface area contributed by atoms with Gasteiger partial charge in [-0.15, -0.1) is 11.6 Å². The Morgan fingerprint density at radius 1 is 1.33 bits per heavy atom. The monoisotopic (exact) mass is 243 g/mol. The van der Waals surface area contributed by atoms with Crippen LogP contribution in [-0.4, -0.2) is 4.98 Å². The lowest BCUT2D eigenvalue weighted by atomic mass is 10.3. The Morgan fingerprint density at radius 2 is 2.13 bits per heavy atom. The van der Waals surface area contributed by atoms with Crippen LogP contribution < -0.4 is 4.74 Å². The highest BCUT2D eigenvalue weighted by atomic mass is 35.5. The molecule has 0 aliphatic rings. The summed E-state index contributed by atoms with van der Waals surface area (Å²) in [6.45, 7) is 0. The van der Waals surface area contributed by atoms with Gasteiger partial charge in [-0.2, -0.15) is 4.98 Å². The van der Waals surface area contributed by atoms with Crippen LogP contribution in [0.2, 0.25) is 5.02 Å². The first-order valence-electron chi connectivity index (χ1n) is 4.22. The molecule has 0 bridgehead atoms. The van der Waals surface area contributed by atoms with Gasteiger partial charge in [-0.05, 0) is 12.1 Å². The summed E-state index contributed by atoms with van der Waals surface area (Å²) < 4.78 is 10.4. The van der Waals surface area contributed by atoms with Gasteiger partial charge in [-0.25, -0.2) is 0 Å². The molecule has 0 saturated carbocycles. The van der Waals surface area contributed by atoms with E-state index >= 15 is 0 Å². The van der Waals surface area contributed by atoms with Crippen LogP contribution in [0.5, 0.6) is 11.8 Å². The SMILES string of the molecule is ClCc1coc(Oc2ccccc2Cl)n1. The normalized spacial score (nSPS) is 10.3. The maximum atomic E-state index is 5.89. The van der Waals surface area contributed by atoms with E-state index in [-0.39, 0.29) is 12.0 Å². The highest BCUT2D eigenvalue weighted by Crippen LogP contribution is 2.28. The Kier molecular flexibility index (Phi) is 3.14. The van der Waals surface area contributed by atoms with E-state index in [1.165, 1.54) is 6.26 Å². The molecule has 0 atom stereocenters. The smallest absolute Gasteiger partial charge is 0.399 e. The molecular formula is C10H7Cl2NO2. The molecule has 2 aromatic rings. The van der Waals surface area contributed by atoms with Gasteiger partial charge in [0.1, 0.15) is 6.26 Å². The Hall–Kier alpha value is -1.19. The van der Waals surface area contributed by atoms with E-state index in [1.807, 2.05) is 12.1 Å². The van der Waals surface area contributed by atoms with E-state index < -0.39 is 0 Å². The van der Waals surface area contributed by atoms with Gasteiger partial charge in [0.2, 0.25) is 0 Å². The minimum atomic E-state index is 0.138. The molecule has 3 nitrogen and oxygen atoms in total. The largest absolute Gasteiger partial charge is 0.417 e. The molecule has 0 aliphatic carbocycles. The summed E-state index contributed by atoms with van der Waals surface area (Å²) in [5.41, 5.74) is 0.624. The third-order valence-corrected chi connectivity index (χ3v) is 2.29. The average molecular weight is 244 g/mol. The quantitative estimate of drug-likeness (QED) is 0.769. The second-order valence-electron chi connectivity index (χ2n) is 2.77. The van der Waals surface area contributed by atoms with Crippen LogP contribution in [0.4, 0.5) is 0 Å². The van der Waals surface area contributed by atoms with Gasteiger partial charge in [0.15, 0.2) is 5.75 Å². The minimum absolute atomic E-state index is 0.138. The first-order chi connectivity index (χ1) is 7.29. The third-order valence-electron chi connectivity index (χ3n) is 1.70. The lowest BCUT2D eigenvalue weighted by Gasteiger charge is -2.01. The van der Waals surface area contributed by atoms with E-state index in [1.54, 1.807) is 12.1 Å². The number of alkyl halides is 1. The molecule has 1 aromatic heterocycles. The molecule has 0 fully saturated rings. The third kappa shape index (κ3) is 2.43. The van der Waals surface area contributed by atoms with Crippen molar-refractivity contribution in [3.8, 4) is 11.8 Å². The maximum absolute atomic E-state index is 5.89. The van der Waals surface area contributed by atoms with Crippen LogP contribution in [-0.2, 0) is 5.88 Å². The van der Waals surface area contributed by atoms with E-state index in [2.05, 4.69) is 4.98 Å². The van der Waals surface area contributed by atoms with Gasteiger partial charge < -0.3 is 9.15 Å². The topological polar surface area (TPSA) is 35.3 Å². The van der Waals surface area contributed by atoms with Gasteiger partial charge in [-0.1, -0.05) is 23.7 Å². The molecule has 0 saturated heterocycles. The number of para-hydroxylation sites is 1. The van der Waals surface area contributed by atoms with Crippen LogP contribution in [0.1, 0.15) is 5.69 Å². The maximum Gasteiger partial charge on any atom is 0.399 e. The van der Waals surface area contributed by atoms with Crippen molar-refractivity contribution in [1.29, 1.82) is 0 Å². The molecule has 5 heteroatoms. The van der Waals surface area contributed by atoms with Gasteiger partial charge in [0, 0.05) is 0 Å². The first-order valence-corrected chi connectivity index (χ1v) is 5.13. The van der Waals surface area contributed by atoms with E-state index in [0.717, 1.165) is 0 Å². The van der Waals surface area contributed by atoms with Crippen LogP contribution in [0.3, 0.4) is 0 Å². The lowest BCUT2D eigenvalue weighted by Crippen LogP contribution is -1.85. The van der Waals surface area contributed by atoms with E-state index in [0.29, 0.717) is 16.5 Å². The molecule has 1 aromatic carbocycles. The highest BCUT2D eigenvalue weighted by Gasteiger charge is 2.07. The Morgan fingerprint density at radius 3 is 2.80 bits per heavy atom. The number of benzene rings is 1. The van der Waals surface area contributed by atoms with Crippen LogP contribution in [0, 0.1) is 0 Å². The van der Waals surface area contributed by atoms with Gasteiger partial charge in [0.05, 0.1) is 16.6 Å². The number of hydrogen-bond donors (Lipinski definition) is 0. The molecule has 0 unspecified atom stereocenters. The van der Waals surface area contributed by atoms with Crippen LogP contribution >= 0.6 is 23.2 Å². The lowest BCUT2D eigenvalue weighted by molar-refractivity contribution is 0.331. The summed E-state index contributed by atoms with van der Waals surface area (Å²) in [7, 11) is 0. The number of rotatable bonds is 3. The number of halogens is 2. The molecular weight excluding hydrogens is 237 g/mol. The van der Waals surface area contributed by atoms with Crippen molar-refractivity contribution in [2.75, 3.05) is 0 Å². The molecule has 15 heavy (non-hydrogen) atoms. The summed E-state index contributed by atoms with van der Waals surface area (Å²) >= 11 is 11.5. The van der Waals surface area contributed by atoms with Crippen molar-refractivity contribution in [2.45, 2.75) is 5.88 Å². The molecule has 1 heterocycles. The number of ether oxygens (including phenoxy) is 1. The average Bonchev–Trinajstić information content (AvgIpc) is 2.69. The fraction of sp³-hybridized carbons (Fsp3) is 0.100. The standard InChI is InChI=1S/C10H7Cl2NO2/c11-5-7-6-14-10(13-7)15-9-4-2-1-3-8(9)12/h1-4,6H,5H2. The molecule has 0 N–H and O–H groups in total. The fourth-order valence-corrected chi connectivity index (χ4v) is 1.32. The van der Waals surface area contributed by atoms with E-state index in [9.17, 15) is 0 Å². The number of hydrogen-bond acceptors (Lipinski definition) is 3. The molecule has 0 aliphatic heterocycles. The number of oxazole rings is 1. The van der Waals surface area contributed by atoms with Crippen molar-refractivity contribution in [1.82, 2.24) is 4.98 Å². The van der Waals surface area contributed by atoms with E-state index in [4.69, 9.17) is 32.4 Å². The Balaban J connectivity index is 2.18. The van der Waals surface area contributed by atoms with Gasteiger partial charge in [0.25, 0.3) is 0 Å². The van der Waals surface area contributed by atoms with Gasteiger partial charge in [-0.3, -0.25) is 0 Å². The van der Waals surface area contributed by atoms with Crippen molar-refractivity contribution in [3.63, 3.8) is 0 Å². The van der Waals surface area contributed by atoms with Crippen LogP contribution in [0.15, 0.2) is 34.9 Å². The zero-order chi connectivity index (χ0) is 10.7. The number of nitrogens with zero attached hydrogens (tertiary/aromatic N) is 1. The van der Waals surface area contributed by atoms with Crippen molar-refractivity contribution in [3.05, 3.63) is 41.2 Å². The second kappa shape index (κ2) is 4.55. The number of aromatic nitrogens is 1. The fourth-order valence-electron chi connectivity index (χ4n) is 1.02. The van der Waals surface area contributed by atoms with Crippen molar-refractivity contribution >= 4 is 23.2 Å². The molecule has 0 spiro atoms. The van der Waals surface area contributed by atoms with Gasteiger partial charge >= 0.3 is 6.08 Å². The molecule has 2 rings (SSSR count). The van der Waals surface area contributed by atoms with Crippen molar-refractivity contribution < 1.29 is 9.15 Å². The highest BCUT2D eigenvalue weighted by molar-refractivity contribution is 6.32. The van der Waals surface area contributed by atoms with Crippen molar-refractivity contribution in [2.24, 2.45) is 0 Å². The zero-order valence-corrected chi connectivity index (χ0v) is 9.13. The summed E-state index contributed by atoms with van der Waals surface area (Å²) in [6, 6.07) is 7.08. The summed E-state index contributed by atoms with van der Waals surface area (Å²) in [6.07, 6.45) is 1.58. The Bertz CT molecular complexity index is 456. The molecule has 78 valence electrons. The predicted molar refractivity (Wildman–Crippen MR) is 57.6 cm³/mol. The first kappa shape index (κ1) is 10.3. The molecule has 0 amide bonds. The zero-order valence-electron chi connectivity index (χ0n) is 7.61. The summed E-state index contributed by atoms with van der Waals surface area (Å²) in [4.78, 5) is 3.99. The van der Waals surface area contributed by atoms with Crippen LogP contribution in [0.25, 0.3) is 0 Å². The Labute approximate surface area is 96.6 Å². The summed E-state index contributed by atoms with van der Waals surface area (Å²) in [5, 5.41) is 0.503. The molecule has 0 radical (unpaired) electrons. The minimum Gasteiger partial charge on any atom is -0.417 e. The predicted octanol–water partition coefficient (Wildman–Crippen LogP) is 3.86.